The van der Waals surface area contributed by atoms with Crippen molar-refractivity contribution in [3.63, 3.8) is 0 Å². The van der Waals surface area contributed by atoms with Crippen molar-refractivity contribution in [3.8, 4) is 0 Å². The summed E-state index contributed by atoms with van der Waals surface area (Å²) >= 11 is 1.78. The molecular formula is C14H21NO3S. The van der Waals surface area contributed by atoms with Crippen LogP contribution in [0.2, 0.25) is 0 Å². The zero-order chi connectivity index (χ0) is 13.7. The molecule has 0 aromatic carbocycles. The Morgan fingerprint density at radius 1 is 1.53 bits per heavy atom. The topological polar surface area (TPSA) is 38.8 Å². The smallest absolute Gasteiger partial charge is 0.251 e. The van der Waals surface area contributed by atoms with E-state index in [0.717, 1.165) is 19.5 Å². The van der Waals surface area contributed by atoms with Crippen LogP contribution in [0, 0.1) is 0 Å². The van der Waals surface area contributed by atoms with E-state index in [1.54, 1.807) is 11.3 Å². The predicted octanol–water partition coefficient (Wildman–Crippen LogP) is 2.07. The summed E-state index contributed by atoms with van der Waals surface area (Å²) in [6.45, 7) is 6.97. The molecule has 1 atom stereocenters. The van der Waals surface area contributed by atoms with Crippen LogP contribution in [0.3, 0.4) is 0 Å². The van der Waals surface area contributed by atoms with Gasteiger partial charge in [-0.25, -0.2) is 0 Å². The Morgan fingerprint density at radius 3 is 3.16 bits per heavy atom. The van der Waals surface area contributed by atoms with Crippen LogP contribution < -0.4 is 0 Å². The first-order chi connectivity index (χ1) is 9.22. The van der Waals surface area contributed by atoms with Gasteiger partial charge in [-0.3, -0.25) is 4.79 Å². The first kappa shape index (κ1) is 14.5. The van der Waals surface area contributed by atoms with Gasteiger partial charge in [0.15, 0.2) is 0 Å². The molecule has 19 heavy (non-hydrogen) atoms. The molecule has 0 aliphatic carbocycles. The Labute approximate surface area is 118 Å². The molecule has 0 fully saturated rings. The number of ether oxygens (including phenoxy) is 2. The van der Waals surface area contributed by atoms with Crippen LogP contribution in [0.25, 0.3) is 0 Å². The number of carbonyl (C=O) groups excluding carboxylic acids is 1. The maximum Gasteiger partial charge on any atom is 0.251 e. The maximum atomic E-state index is 12.3. The van der Waals surface area contributed by atoms with E-state index >= 15 is 0 Å². The molecule has 1 aromatic heterocycles. The monoisotopic (exact) mass is 283 g/mol. The largest absolute Gasteiger partial charge is 0.379 e. The van der Waals surface area contributed by atoms with Crippen LogP contribution in [-0.2, 0) is 27.2 Å². The lowest BCUT2D eigenvalue weighted by Crippen LogP contribution is -2.42. The maximum absolute atomic E-state index is 12.3. The third-order valence-corrected chi connectivity index (χ3v) is 4.29. The van der Waals surface area contributed by atoms with Crippen molar-refractivity contribution in [3.05, 3.63) is 21.9 Å². The normalized spacial score (nSPS) is 16.2. The summed E-state index contributed by atoms with van der Waals surface area (Å²) in [6, 6.07) is 2.11. The molecular weight excluding hydrogens is 262 g/mol. The zero-order valence-electron chi connectivity index (χ0n) is 11.6. The Hall–Kier alpha value is -0.910. The average Bonchev–Trinajstić information content (AvgIpc) is 2.89. The van der Waals surface area contributed by atoms with Crippen LogP contribution >= 0.6 is 11.3 Å². The first-order valence-corrected chi connectivity index (χ1v) is 7.63. The number of hydrogen-bond donors (Lipinski definition) is 0. The zero-order valence-corrected chi connectivity index (χ0v) is 12.4. The summed E-state index contributed by atoms with van der Waals surface area (Å²) in [5.41, 5.74) is 1.28. The SMILES string of the molecule is CCOCCO[C@H](C)C(=O)N1CCc2sccc2C1. The van der Waals surface area contributed by atoms with Crippen molar-refractivity contribution in [1.82, 2.24) is 4.90 Å². The molecule has 5 heteroatoms. The number of fused-ring (bicyclic) bond motifs is 1. The molecule has 0 bridgehead atoms. The van der Waals surface area contributed by atoms with E-state index in [1.165, 1.54) is 10.4 Å². The standard InChI is InChI=1S/C14H21NO3S/c1-3-17-7-8-18-11(2)14(16)15-6-4-13-12(10-15)5-9-19-13/h5,9,11H,3-4,6-8,10H2,1-2H3/t11-/m1/s1. The lowest BCUT2D eigenvalue weighted by molar-refractivity contribution is -0.144. The summed E-state index contributed by atoms with van der Waals surface area (Å²) in [5.74, 6) is 0.0772. The Balaban J connectivity index is 1.80. The Bertz CT molecular complexity index is 419. The van der Waals surface area contributed by atoms with Crippen LogP contribution in [-0.4, -0.2) is 43.3 Å². The van der Waals surface area contributed by atoms with Crippen molar-refractivity contribution in [2.45, 2.75) is 32.9 Å². The minimum atomic E-state index is -0.388. The lowest BCUT2D eigenvalue weighted by atomic mass is 10.1. The number of rotatable bonds is 6. The van der Waals surface area contributed by atoms with Crippen molar-refractivity contribution in [2.75, 3.05) is 26.4 Å². The number of carbonyl (C=O) groups is 1. The third kappa shape index (κ3) is 3.78. The molecule has 0 saturated heterocycles. The summed E-state index contributed by atoms with van der Waals surface area (Å²) in [7, 11) is 0. The number of amides is 1. The molecule has 2 heterocycles. The Kier molecular flexibility index (Phi) is 5.36. The van der Waals surface area contributed by atoms with Crippen molar-refractivity contribution < 1.29 is 14.3 Å². The highest BCUT2D eigenvalue weighted by Crippen LogP contribution is 2.24. The fraction of sp³-hybridized carbons (Fsp3) is 0.643. The van der Waals surface area contributed by atoms with Crippen molar-refractivity contribution in [1.29, 1.82) is 0 Å². The van der Waals surface area contributed by atoms with Crippen molar-refractivity contribution in [2.24, 2.45) is 0 Å². The molecule has 1 amide bonds. The number of thiophene rings is 1. The van der Waals surface area contributed by atoms with Crippen LogP contribution in [0.1, 0.15) is 24.3 Å². The summed E-state index contributed by atoms with van der Waals surface area (Å²) in [4.78, 5) is 15.6. The molecule has 0 unspecified atom stereocenters. The van der Waals surface area contributed by atoms with Gasteiger partial charge in [-0.2, -0.15) is 0 Å². The van der Waals surface area contributed by atoms with Crippen LogP contribution in [0.15, 0.2) is 11.4 Å². The van der Waals surface area contributed by atoms with E-state index in [1.807, 2.05) is 18.7 Å². The van der Waals surface area contributed by atoms with Crippen LogP contribution in [0.4, 0.5) is 0 Å². The van der Waals surface area contributed by atoms with Gasteiger partial charge in [-0.15, -0.1) is 11.3 Å². The summed E-state index contributed by atoms with van der Waals surface area (Å²) in [5, 5.41) is 2.10. The van der Waals surface area contributed by atoms with E-state index in [2.05, 4.69) is 11.4 Å². The van der Waals surface area contributed by atoms with E-state index in [0.29, 0.717) is 19.8 Å². The van der Waals surface area contributed by atoms with Gasteiger partial charge < -0.3 is 14.4 Å². The van der Waals surface area contributed by atoms with E-state index in [-0.39, 0.29) is 12.0 Å². The van der Waals surface area contributed by atoms with Gasteiger partial charge in [0.25, 0.3) is 5.91 Å². The fourth-order valence-corrected chi connectivity index (χ4v) is 3.08. The fourth-order valence-electron chi connectivity index (χ4n) is 2.19. The number of nitrogens with zero attached hydrogens (tertiary/aromatic N) is 1. The van der Waals surface area contributed by atoms with Gasteiger partial charge in [0.05, 0.1) is 13.2 Å². The number of hydrogen-bond acceptors (Lipinski definition) is 4. The van der Waals surface area contributed by atoms with E-state index in [9.17, 15) is 4.79 Å². The molecule has 0 radical (unpaired) electrons. The molecule has 106 valence electrons. The molecule has 0 N–H and O–H groups in total. The second-order valence-electron chi connectivity index (χ2n) is 4.59. The molecule has 2 rings (SSSR count). The quantitative estimate of drug-likeness (QED) is 0.750. The Morgan fingerprint density at radius 2 is 2.37 bits per heavy atom. The highest BCUT2D eigenvalue weighted by Gasteiger charge is 2.25. The minimum absolute atomic E-state index is 0.0772. The highest BCUT2D eigenvalue weighted by molar-refractivity contribution is 7.10. The molecule has 1 aliphatic heterocycles. The van der Waals surface area contributed by atoms with Crippen molar-refractivity contribution >= 4 is 17.2 Å². The highest BCUT2D eigenvalue weighted by atomic mass is 32.1. The van der Waals surface area contributed by atoms with Gasteiger partial charge >= 0.3 is 0 Å². The summed E-state index contributed by atoms with van der Waals surface area (Å²) in [6.07, 6.45) is 0.574. The van der Waals surface area contributed by atoms with E-state index in [4.69, 9.17) is 9.47 Å². The van der Waals surface area contributed by atoms with Gasteiger partial charge in [0.1, 0.15) is 6.10 Å². The average molecular weight is 283 g/mol. The summed E-state index contributed by atoms with van der Waals surface area (Å²) < 4.78 is 10.7. The van der Waals surface area contributed by atoms with Gasteiger partial charge in [-0.05, 0) is 37.3 Å². The molecule has 0 saturated carbocycles. The van der Waals surface area contributed by atoms with E-state index < -0.39 is 0 Å². The van der Waals surface area contributed by atoms with Gasteiger partial charge in [0.2, 0.25) is 0 Å². The lowest BCUT2D eigenvalue weighted by Gasteiger charge is -2.29. The molecule has 0 spiro atoms. The van der Waals surface area contributed by atoms with Gasteiger partial charge in [0, 0.05) is 24.6 Å². The van der Waals surface area contributed by atoms with Crippen LogP contribution in [0.5, 0.6) is 0 Å². The second-order valence-corrected chi connectivity index (χ2v) is 5.59. The third-order valence-electron chi connectivity index (χ3n) is 3.27. The van der Waals surface area contributed by atoms with Gasteiger partial charge in [-0.1, -0.05) is 0 Å². The molecule has 1 aromatic rings. The minimum Gasteiger partial charge on any atom is -0.379 e. The first-order valence-electron chi connectivity index (χ1n) is 6.75. The predicted molar refractivity (Wildman–Crippen MR) is 75.3 cm³/mol. The second kappa shape index (κ2) is 7.03. The molecule has 4 nitrogen and oxygen atoms in total. The molecule has 1 aliphatic rings.